The number of aryl methyl sites for hydroxylation is 1. The van der Waals surface area contributed by atoms with Gasteiger partial charge in [0, 0.05) is 24.4 Å². The third kappa shape index (κ3) is 2.47. The minimum absolute atomic E-state index is 0.263. The van der Waals surface area contributed by atoms with Crippen LogP contribution >= 0.6 is 0 Å². The van der Waals surface area contributed by atoms with Crippen LogP contribution in [0.15, 0.2) is 10.9 Å². The van der Waals surface area contributed by atoms with E-state index in [1.807, 2.05) is 20.0 Å². The van der Waals surface area contributed by atoms with Crippen LogP contribution in [0.5, 0.6) is 0 Å². The number of aromatic nitrogens is 2. The predicted octanol–water partition coefficient (Wildman–Crippen LogP) is -0.160. The van der Waals surface area contributed by atoms with E-state index in [0.29, 0.717) is 0 Å². The highest BCUT2D eigenvalue weighted by molar-refractivity contribution is 5.06. The number of hydrogen-bond acceptors (Lipinski definition) is 3. The van der Waals surface area contributed by atoms with Crippen molar-refractivity contribution in [2.75, 3.05) is 13.6 Å². The highest BCUT2D eigenvalue weighted by Crippen LogP contribution is 1.93. The van der Waals surface area contributed by atoms with Gasteiger partial charge in [-0.25, -0.2) is 4.79 Å². The Balaban J connectivity index is 2.79. The molecule has 0 aliphatic heterocycles. The van der Waals surface area contributed by atoms with Gasteiger partial charge in [-0.1, -0.05) is 0 Å². The van der Waals surface area contributed by atoms with Gasteiger partial charge in [0.05, 0.1) is 0 Å². The molecular weight excluding hydrogens is 154 g/mol. The number of nitrogens with zero attached hydrogens (tertiary/aromatic N) is 1. The monoisotopic (exact) mass is 167 g/mol. The summed E-state index contributed by atoms with van der Waals surface area (Å²) in [5, 5.41) is 3.00. The molecule has 1 aromatic rings. The molecule has 0 radical (unpaired) electrons. The first-order valence-corrected chi connectivity index (χ1v) is 3.94. The Hall–Kier alpha value is -1.16. The summed E-state index contributed by atoms with van der Waals surface area (Å²) >= 11 is 0. The number of hydrogen-bond donors (Lipinski definition) is 2. The summed E-state index contributed by atoms with van der Waals surface area (Å²) < 4.78 is 0. The minimum Gasteiger partial charge on any atom is -0.319 e. The zero-order valence-electron chi connectivity index (χ0n) is 7.35. The van der Waals surface area contributed by atoms with E-state index >= 15 is 0 Å². The quantitative estimate of drug-likeness (QED) is 0.657. The number of rotatable bonds is 3. The molecule has 66 valence electrons. The van der Waals surface area contributed by atoms with Crippen LogP contribution in [0.3, 0.4) is 0 Å². The number of likely N-dealkylation sites (N-methyl/N-ethyl adjacent to an activating group) is 1. The Morgan fingerprint density at radius 3 is 3.00 bits per heavy atom. The van der Waals surface area contributed by atoms with Crippen molar-refractivity contribution in [2.45, 2.75) is 13.3 Å². The van der Waals surface area contributed by atoms with Gasteiger partial charge in [-0.15, -0.1) is 0 Å². The SMILES string of the molecule is CNCCc1cc(C)[nH]c(=O)n1. The van der Waals surface area contributed by atoms with Crippen molar-refractivity contribution in [3.63, 3.8) is 0 Å². The van der Waals surface area contributed by atoms with Crippen molar-refractivity contribution < 1.29 is 0 Å². The Morgan fingerprint density at radius 1 is 1.67 bits per heavy atom. The molecule has 0 aliphatic rings. The van der Waals surface area contributed by atoms with Crippen LogP contribution in [0.25, 0.3) is 0 Å². The largest absolute Gasteiger partial charge is 0.345 e. The van der Waals surface area contributed by atoms with Gasteiger partial charge in [0.15, 0.2) is 0 Å². The van der Waals surface area contributed by atoms with Gasteiger partial charge < -0.3 is 10.3 Å². The lowest BCUT2D eigenvalue weighted by Crippen LogP contribution is -2.17. The van der Waals surface area contributed by atoms with Crippen LogP contribution < -0.4 is 11.0 Å². The Morgan fingerprint density at radius 2 is 2.42 bits per heavy atom. The zero-order chi connectivity index (χ0) is 8.97. The summed E-state index contributed by atoms with van der Waals surface area (Å²) in [7, 11) is 1.88. The first kappa shape index (κ1) is 8.93. The van der Waals surface area contributed by atoms with Crippen LogP contribution in [-0.2, 0) is 6.42 Å². The molecule has 0 atom stereocenters. The van der Waals surface area contributed by atoms with Crippen molar-refractivity contribution >= 4 is 0 Å². The number of aromatic amines is 1. The molecule has 0 unspecified atom stereocenters. The predicted molar refractivity (Wildman–Crippen MR) is 47.2 cm³/mol. The molecule has 0 saturated heterocycles. The van der Waals surface area contributed by atoms with Gasteiger partial charge in [0.2, 0.25) is 0 Å². The summed E-state index contributed by atoms with van der Waals surface area (Å²) in [6, 6.07) is 1.89. The summed E-state index contributed by atoms with van der Waals surface area (Å²) in [4.78, 5) is 17.3. The molecule has 0 amide bonds. The molecule has 4 heteroatoms. The van der Waals surface area contributed by atoms with Gasteiger partial charge in [-0.2, -0.15) is 4.98 Å². The summed E-state index contributed by atoms with van der Waals surface area (Å²) in [6.07, 6.45) is 0.793. The van der Waals surface area contributed by atoms with Crippen LogP contribution in [0.4, 0.5) is 0 Å². The normalized spacial score (nSPS) is 10.2. The van der Waals surface area contributed by atoms with Crippen LogP contribution in [0.1, 0.15) is 11.4 Å². The standard InChI is InChI=1S/C8H13N3O/c1-6-5-7(3-4-9-2)11-8(12)10-6/h5,9H,3-4H2,1-2H3,(H,10,11,12). The fraction of sp³-hybridized carbons (Fsp3) is 0.500. The van der Waals surface area contributed by atoms with Gasteiger partial charge in [-0.05, 0) is 20.0 Å². The molecule has 0 spiro atoms. The summed E-state index contributed by atoms with van der Waals surface area (Å²) in [5.74, 6) is 0. The van der Waals surface area contributed by atoms with Crippen LogP contribution in [0, 0.1) is 6.92 Å². The minimum atomic E-state index is -0.263. The lowest BCUT2D eigenvalue weighted by Gasteiger charge is -1.99. The van der Waals surface area contributed by atoms with E-state index in [9.17, 15) is 4.79 Å². The van der Waals surface area contributed by atoms with Crippen molar-refractivity contribution in [1.29, 1.82) is 0 Å². The fourth-order valence-electron chi connectivity index (χ4n) is 1.03. The van der Waals surface area contributed by atoms with Crippen molar-refractivity contribution in [3.05, 3.63) is 27.9 Å². The average Bonchev–Trinajstić information content (AvgIpc) is 1.99. The Bertz CT molecular complexity index is 305. The maximum Gasteiger partial charge on any atom is 0.345 e. The van der Waals surface area contributed by atoms with E-state index in [1.165, 1.54) is 0 Å². The van der Waals surface area contributed by atoms with Gasteiger partial charge >= 0.3 is 5.69 Å². The first-order valence-electron chi connectivity index (χ1n) is 3.94. The second-order valence-corrected chi connectivity index (χ2v) is 2.71. The fourth-order valence-corrected chi connectivity index (χ4v) is 1.03. The zero-order valence-corrected chi connectivity index (χ0v) is 7.35. The van der Waals surface area contributed by atoms with E-state index in [1.54, 1.807) is 0 Å². The van der Waals surface area contributed by atoms with Gasteiger partial charge in [0.1, 0.15) is 0 Å². The molecule has 1 aromatic heterocycles. The first-order chi connectivity index (χ1) is 5.72. The number of nitrogens with one attached hydrogen (secondary N) is 2. The molecular formula is C8H13N3O. The van der Waals surface area contributed by atoms with E-state index in [2.05, 4.69) is 15.3 Å². The van der Waals surface area contributed by atoms with Crippen molar-refractivity contribution in [3.8, 4) is 0 Å². The Kier molecular flexibility index (Phi) is 2.99. The summed E-state index contributed by atoms with van der Waals surface area (Å²) in [6.45, 7) is 2.70. The van der Waals surface area contributed by atoms with E-state index < -0.39 is 0 Å². The van der Waals surface area contributed by atoms with Gasteiger partial charge in [-0.3, -0.25) is 0 Å². The molecule has 0 saturated carbocycles. The smallest absolute Gasteiger partial charge is 0.319 e. The Labute approximate surface area is 71.0 Å². The molecule has 0 aromatic carbocycles. The van der Waals surface area contributed by atoms with Gasteiger partial charge in [0.25, 0.3) is 0 Å². The van der Waals surface area contributed by atoms with E-state index in [0.717, 1.165) is 24.4 Å². The highest BCUT2D eigenvalue weighted by atomic mass is 16.1. The van der Waals surface area contributed by atoms with Crippen LogP contribution in [-0.4, -0.2) is 23.6 Å². The topological polar surface area (TPSA) is 57.8 Å². The van der Waals surface area contributed by atoms with E-state index in [-0.39, 0.29) is 5.69 Å². The second kappa shape index (κ2) is 4.01. The lowest BCUT2D eigenvalue weighted by molar-refractivity contribution is 0.766. The number of H-pyrrole nitrogens is 1. The van der Waals surface area contributed by atoms with Crippen LogP contribution in [0.2, 0.25) is 0 Å². The molecule has 0 fully saturated rings. The van der Waals surface area contributed by atoms with Crippen molar-refractivity contribution in [2.24, 2.45) is 0 Å². The summed E-state index contributed by atoms with van der Waals surface area (Å²) in [5.41, 5.74) is 1.44. The van der Waals surface area contributed by atoms with E-state index in [4.69, 9.17) is 0 Å². The molecule has 0 aliphatic carbocycles. The molecule has 1 rings (SSSR count). The molecule has 1 heterocycles. The third-order valence-corrected chi connectivity index (χ3v) is 1.56. The highest BCUT2D eigenvalue weighted by Gasteiger charge is 1.96. The average molecular weight is 167 g/mol. The second-order valence-electron chi connectivity index (χ2n) is 2.71. The molecule has 12 heavy (non-hydrogen) atoms. The lowest BCUT2D eigenvalue weighted by atomic mass is 10.2. The molecule has 2 N–H and O–H groups in total. The third-order valence-electron chi connectivity index (χ3n) is 1.56. The molecule has 4 nitrogen and oxygen atoms in total. The van der Waals surface area contributed by atoms with Crippen molar-refractivity contribution in [1.82, 2.24) is 15.3 Å². The maximum atomic E-state index is 10.9. The molecule has 0 bridgehead atoms. The maximum absolute atomic E-state index is 10.9.